The summed E-state index contributed by atoms with van der Waals surface area (Å²) < 4.78 is 5.43. The highest BCUT2D eigenvalue weighted by molar-refractivity contribution is 5.85. The molecule has 0 radical (unpaired) electrons. The van der Waals surface area contributed by atoms with Crippen LogP contribution in [-0.2, 0) is 14.3 Å². The van der Waals surface area contributed by atoms with E-state index in [1.807, 2.05) is 48.5 Å². The average molecular weight is 256 g/mol. The predicted octanol–water partition coefficient (Wildman–Crippen LogP) is 3.40. The Morgan fingerprint density at radius 1 is 1.00 bits per heavy atom. The number of ether oxygens (including phenoxy) is 1. The maximum absolute atomic E-state index is 11.8. The molecule has 0 aliphatic rings. The molecule has 0 N–H and O–H groups in total. The van der Waals surface area contributed by atoms with Crippen molar-refractivity contribution >= 4 is 11.6 Å². The summed E-state index contributed by atoms with van der Waals surface area (Å²) in [5.41, 5.74) is -0.612. The van der Waals surface area contributed by atoms with Crippen molar-refractivity contribution in [3.05, 3.63) is 0 Å². The molecule has 106 valence electrons. The number of carbonyl (C=O) groups excluding carboxylic acids is 2. The zero-order chi connectivity index (χ0) is 14.6. The third-order valence-corrected chi connectivity index (χ3v) is 2.61. The van der Waals surface area contributed by atoms with Crippen LogP contribution in [0.1, 0.15) is 61.3 Å². The Kier molecular flexibility index (Phi) is 6.21. The van der Waals surface area contributed by atoms with E-state index in [0.29, 0.717) is 12.8 Å². The van der Waals surface area contributed by atoms with Gasteiger partial charge < -0.3 is 4.74 Å². The van der Waals surface area contributed by atoms with Crippen LogP contribution in [0.2, 0.25) is 0 Å². The molecule has 0 unspecified atom stereocenters. The number of hydrogen-bond donors (Lipinski definition) is 0. The van der Waals surface area contributed by atoms with Gasteiger partial charge in [0, 0.05) is 18.3 Å². The third-order valence-electron chi connectivity index (χ3n) is 2.61. The summed E-state index contributed by atoms with van der Waals surface area (Å²) in [6.45, 7) is 13.6. The van der Waals surface area contributed by atoms with E-state index in [1.54, 1.807) is 0 Å². The first-order chi connectivity index (χ1) is 7.92. The molecule has 0 fully saturated rings. The minimum absolute atomic E-state index is 0.0686. The van der Waals surface area contributed by atoms with Crippen LogP contribution >= 0.6 is 0 Å². The second-order valence-electron chi connectivity index (χ2n) is 7.13. The van der Waals surface area contributed by atoms with Crippen molar-refractivity contribution < 1.29 is 14.3 Å². The Balaban J connectivity index is 4.06. The van der Waals surface area contributed by atoms with Crippen molar-refractivity contribution in [1.29, 1.82) is 0 Å². The molecule has 0 aromatic carbocycles. The van der Waals surface area contributed by atoms with Crippen LogP contribution in [0.25, 0.3) is 0 Å². The van der Waals surface area contributed by atoms with E-state index in [1.165, 1.54) is 0 Å². The largest absolute Gasteiger partial charge is 0.368 e. The van der Waals surface area contributed by atoms with Crippen LogP contribution in [0.5, 0.6) is 0 Å². The maximum Gasteiger partial charge on any atom is 0.158 e. The summed E-state index contributed by atoms with van der Waals surface area (Å²) in [6, 6.07) is 0. The Labute approximate surface area is 111 Å². The van der Waals surface area contributed by atoms with Crippen LogP contribution in [0.15, 0.2) is 0 Å². The molecule has 3 nitrogen and oxygen atoms in total. The van der Waals surface area contributed by atoms with Gasteiger partial charge in [-0.15, -0.1) is 0 Å². The molecule has 1 atom stereocenters. The lowest BCUT2D eigenvalue weighted by Gasteiger charge is -2.21. The quantitative estimate of drug-likeness (QED) is 0.731. The van der Waals surface area contributed by atoms with Crippen LogP contribution in [0, 0.1) is 11.3 Å². The molecule has 0 saturated carbocycles. The minimum atomic E-state index is -0.320. The van der Waals surface area contributed by atoms with E-state index in [9.17, 15) is 9.59 Å². The van der Waals surface area contributed by atoms with E-state index in [4.69, 9.17) is 4.74 Å². The van der Waals surface area contributed by atoms with Gasteiger partial charge in [0.15, 0.2) is 5.78 Å². The summed E-state index contributed by atoms with van der Waals surface area (Å²) in [7, 11) is 0. The van der Waals surface area contributed by atoms with Crippen LogP contribution in [0.4, 0.5) is 0 Å². The number of hydrogen-bond acceptors (Lipinski definition) is 3. The first kappa shape index (κ1) is 17.3. The van der Waals surface area contributed by atoms with Crippen molar-refractivity contribution in [2.75, 3.05) is 6.61 Å². The second-order valence-corrected chi connectivity index (χ2v) is 7.13. The molecule has 0 aliphatic carbocycles. The van der Waals surface area contributed by atoms with Gasteiger partial charge in [0.05, 0.1) is 5.60 Å². The van der Waals surface area contributed by atoms with Gasteiger partial charge in [-0.2, -0.15) is 0 Å². The van der Waals surface area contributed by atoms with E-state index in [2.05, 4.69) is 0 Å². The highest BCUT2D eigenvalue weighted by Gasteiger charge is 2.24. The summed E-state index contributed by atoms with van der Waals surface area (Å²) >= 11 is 0. The van der Waals surface area contributed by atoms with Gasteiger partial charge in [0.2, 0.25) is 0 Å². The topological polar surface area (TPSA) is 43.4 Å². The number of carbonyl (C=O) groups is 2. The van der Waals surface area contributed by atoms with Gasteiger partial charge >= 0.3 is 0 Å². The van der Waals surface area contributed by atoms with E-state index < -0.39 is 0 Å². The van der Waals surface area contributed by atoms with Gasteiger partial charge in [-0.3, -0.25) is 9.59 Å². The van der Waals surface area contributed by atoms with Gasteiger partial charge in [0.25, 0.3) is 0 Å². The van der Waals surface area contributed by atoms with Crippen molar-refractivity contribution in [1.82, 2.24) is 0 Å². The number of ketones is 2. The highest BCUT2D eigenvalue weighted by Crippen LogP contribution is 2.21. The normalized spacial score (nSPS) is 14.4. The lowest BCUT2D eigenvalue weighted by molar-refractivity contribution is -0.130. The maximum atomic E-state index is 11.8. The zero-order valence-corrected chi connectivity index (χ0v) is 12.9. The van der Waals surface area contributed by atoms with Crippen molar-refractivity contribution in [2.45, 2.75) is 66.9 Å². The molecule has 0 spiro atoms. The predicted molar refractivity (Wildman–Crippen MR) is 73.6 cm³/mol. The fraction of sp³-hybridized carbons (Fsp3) is 0.867. The summed E-state index contributed by atoms with van der Waals surface area (Å²) in [5, 5.41) is 0. The van der Waals surface area contributed by atoms with Crippen LogP contribution in [0.3, 0.4) is 0 Å². The van der Waals surface area contributed by atoms with Crippen molar-refractivity contribution in [2.24, 2.45) is 11.3 Å². The van der Waals surface area contributed by atoms with Crippen LogP contribution < -0.4 is 0 Å². The molecule has 0 heterocycles. The molecule has 0 aliphatic heterocycles. The Bertz CT molecular complexity index is 292. The lowest BCUT2D eigenvalue weighted by atomic mass is 9.84. The lowest BCUT2D eigenvalue weighted by Crippen LogP contribution is -2.26. The molecule has 0 amide bonds. The molecule has 0 rings (SSSR count). The Hall–Kier alpha value is -0.700. The monoisotopic (exact) mass is 256 g/mol. The summed E-state index contributed by atoms with van der Waals surface area (Å²) in [4.78, 5) is 23.5. The third kappa shape index (κ3) is 8.40. The molecular weight excluding hydrogens is 228 g/mol. The van der Waals surface area contributed by atoms with Gasteiger partial charge in [-0.1, -0.05) is 27.7 Å². The van der Waals surface area contributed by atoms with Gasteiger partial charge in [0.1, 0.15) is 12.4 Å². The Morgan fingerprint density at radius 2 is 1.50 bits per heavy atom. The van der Waals surface area contributed by atoms with Crippen molar-refractivity contribution in [3.63, 3.8) is 0 Å². The van der Waals surface area contributed by atoms with E-state index >= 15 is 0 Å². The molecular formula is C15H28O3. The number of Topliss-reactive ketones (excluding diaryl/α,β-unsaturated/α-hetero) is 2. The van der Waals surface area contributed by atoms with E-state index in [-0.39, 0.29) is 35.1 Å². The zero-order valence-electron chi connectivity index (χ0n) is 12.9. The molecule has 0 aromatic heterocycles. The molecule has 18 heavy (non-hydrogen) atoms. The first-order valence-electron chi connectivity index (χ1n) is 6.61. The van der Waals surface area contributed by atoms with E-state index in [0.717, 1.165) is 0 Å². The average Bonchev–Trinajstić information content (AvgIpc) is 2.11. The summed E-state index contributed by atoms with van der Waals surface area (Å²) in [6.07, 6.45) is 0.878. The Morgan fingerprint density at radius 3 is 1.89 bits per heavy atom. The van der Waals surface area contributed by atoms with Crippen molar-refractivity contribution in [3.8, 4) is 0 Å². The molecule has 3 heteroatoms. The number of rotatable bonds is 6. The van der Waals surface area contributed by atoms with Gasteiger partial charge in [-0.25, -0.2) is 0 Å². The summed E-state index contributed by atoms with van der Waals surface area (Å²) in [5.74, 6) is 0.367. The highest BCUT2D eigenvalue weighted by atomic mass is 16.5. The van der Waals surface area contributed by atoms with Gasteiger partial charge in [-0.05, 0) is 26.7 Å². The first-order valence-corrected chi connectivity index (χ1v) is 6.61. The SMILES string of the molecule is C[C@H](CC(=O)COC(C)(C)C)CC(=O)C(C)(C)C. The molecule has 0 saturated heterocycles. The second kappa shape index (κ2) is 6.46. The smallest absolute Gasteiger partial charge is 0.158 e. The minimum Gasteiger partial charge on any atom is -0.368 e. The fourth-order valence-corrected chi connectivity index (χ4v) is 1.44. The standard InChI is InChI=1S/C15H28O3/c1-11(9-13(17)14(2,3)4)8-12(16)10-18-15(5,6)7/h11H,8-10H2,1-7H3/t11-/m1/s1. The molecule has 0 aromatic rings. The molecule has 0 bridgehead atoms. The van der Waals surface area contributed by atoms with Crippen LogP contribution in [-0.4, -0.2) is 23.8 Å². The fourth-order valence-electron chi connectivity index (χ4n) is 1.44.